The minimum Gasteiger partial charge on any atom is -0.379 e. The lowest BCUT2D eigenvalue weighted by Crippen LogP contribution is -2.06. The molecule has 0 aliphatic carbocycles. The Balaban J connectivity index is 2.35. The topological polar surface area (TPSA) is 42.2 Å². The molecule has 1 aromatic rings. The van der Waals surface area contributed by atoms with E-state index in [1.165, 1.54) is 6.07 Å². The van der Waals surface area contributed by atoms with Crippen molar-refractivity contribution >= 4 is 0 Å². The highest BCUT2D eigenvalue weighted by Crippen LogP contribution is 2.12. The zero-order chi connectivity index (χ0) is 12.5. The number of nitriles is 1. The van der Waals surface area contributed by atoms with Crippen LogP contribution in [0.15, 0.2) is 18.2 Å². The van der Waals surface area contributed by atoms with Gasteiger partial charge in [0.1, 0.15) is 11.9 Å². The molecule has 0 bridgehead atoms. The molecule has 0 aliphatic heterocycles. The monoisotopic (exact) mass is 237 g/mol. The normalized spacial score (nSPS) is 10.2. The summed E-state index contributed by atoms with van der Waals surface area (Å²) in [7, 11) is 0. The molecule has 0 atom stereocenters. The number of benzene rings is 1. The minimum absolute atomic E-state index is 0.0494. The van der Waals surface area contributed by atoms with Crippen LogP contribution < -0.4 is 0 Å². The molecule has 0 radical (unpaired) electrons. The number of ether oxygens (including phenoxy) is 2. The predicted octanol–water partition coefficient (Wildman–Crippen LogP) is 2.64. The number of nitrogens with zero attached hydrogens (tertiary/aromatic N) is 1. The summed E-state index contributed by atoms with van der Waals surface area (Å²) < 4.78 is 24.1. The van der Waals surface area contributed by atoms with E-state index in [9.17, 15) is 4.39 Å². The summed E-state index contributed by atoms with van der Waals surface area (Å²) in [6.45, 7) is 3.84. The van der Waals surface area contributed by atoms with Gasteiger partial charge < -0.3 is 9.47 Å². The van der Waals surface area contributed by atoms with Gasteiger partial charge in [-0.2, -0.15) is 5.26 Å². The highest BCUT2D eigenvalue weighted by Gasteiger charge is 2.06. The molecule has 1 aromatic carbocycles. The average molecular weight is 237 g/mol. The summed E-state index contributed by atoms with van der Waals surface area (Å²) in [5.41, 5.74) is 0.452. The van der Waals surface area contributed by atoms with Gasteiger partial charge in [0.2, 0.25) is 0 Å². The fourth-order valence-electron chi connectivity index (χ4n) is 1.32. The van der Waals surface area contributed by atoms with E-state index in [0.29, 0.717) is 25.4 Å². The number of hydrogen-bond donors (Lipinski definition) is 0. The average Bonchev–Trinajstić information content (AvgIpc) is 2.35. The maximum Gasteiger partial charge on any atom is 0.146 e. The first-order valence-electron chi connectivity index (χ1n) is 5.62. The van der Waals surface area contributed by atoms with Crippen LogP contribution in [0.3, 0.4) is 0 Å². The maximum absolute atomic E-state index is 13.6. The van der Waals surface area contributed by atoms with Gasteiger partial charge in [-0.1, -0.05) is 19.1 Å². The second-order valence-corrected chi connectivity index (χ2v) is 3.56. The Kier molecular flexibility index (Phi) is 6.23. The molecule has 0 heterocycles. The summed E-state index contributed by atoms with van der Waals surface area (Å²) in [6, 6.07) is 6.51. The minimum atomic E-state index is -0.496. The largest absolute Gasteiger partial charge is 0.379 e. The van der Waals surface area contributed by atoms with Crippen molar-refractivity contribution < 1.29 is 13.9 Å². The molecule has 17 heavy (non-hydrogen) atoms. The fraction of sp³-hybridized carbons (Fsp3) is 0.462. The van der Waals surface area contributed by atoms with E-state index in [2.05, 4.69) is 0 Å². The van der Waals surface area contributed by atoms with Crippen molar-refractivity contribution in [3.63, 3.8) is 0 Å². The molecule has 0 N–H and O–H groups in total. The van der Waals surface area contributed by atoms with Crippen LogP contribution in [0.1, 0.15) is 24.5 Å². The lowest BCUT2D eigenvalue weighted by Gasteiger charge is -2.06. The van der Waals surface area contributed by atoms with Crippen LogP contribution in [-0.2, 0) is 16.1 Å². The Morgan fingerprint density at radius 3 is 2.71 bits per heavy atom. The van der Waals surface area contributed by atoms with Gasteiger partial charge in [-0.05, 0) is 12.5 Å². The van der Waals surface area contributed by atoms with E-state index in [1.54, 1.807) is 18.2 Å². The number of rotatable bonds is 7. The van der Waals surface area contributed by atoms with Gasteiger partial charge in [-0.15, -0.1) is 0 Å². The molecule has 0 fully saturated rings. The first-order valence-corrected chi connectivity index (χ1v) is 5.62. The van der Waals surface area contributed by atoms with Crippen LogP contribution in [0, 0.1) is 17.1 Å². The van der Waals surface area contributed by atoms with E-state index < -0.39 is 5.82 Å². The van der Waals surface area contributed by atoms with Gasteiger partial charge in [-0.25, -0.2) is 4.39 Å². The van der Waals surface area contributed by atoms with Gasteiger partial charge in [-0.3, -0.25) is 0 Å². The lowest BCUT2D eigenvalue weighted by molar-refractivity contribution is 0.0399. The smallest absolute Gasteiger partial charge is 0.146 e. The summed E-state index contributed by atoms with van der Waals surface area (Å²) in [6.07, 6.45) is 0.971. The number of hydrogen-bond acceptors (Lipinski definition) is 3. The lowest BCUT2D eigenvalue weighted by atomic mass is 10.1. The number of halogens is 1. The van der Waals surface area contributed by atoms with Gasteiger partial charge in [0, 0.05) is 12.2 Å². The van der Waals surface area contributed by atoms with Gasteiger partial charge in [0.25, 0.3) is 0 Å². The van der Waals surface area contributed by atoms with Crippen LogP contribution in [-0.4, -0.2) is 19.8 Å². The molecule has 0 amide bonds. The van der Waals surface area contributed by atoms with Crippen molar-refractivity contribution in [1.82, 2.24) is 0 Å². The van der Waals surface area contributed by atoms with Crippen LogP contribution in [0.25, 0.3) is 0 Å². The molecule has 0 aromatic heterocycles. The van der Waals surface area contributed by atoms with E-state index in [1.807, 2.05) is 6.92 Å². The zero-order valence-electron chi connectivity index (χ0n) is 9.91. The first kappa shape index (κ1) is 13.6. The standard InChI is InChI=1S/C13H16FNO2/c1-2-6-16-7-8-17-10-12-5-3-4-11(9-15)13(12)14/h3-5H,2,6-8,10H2,1H3. The van der Waals surface area contributed by atoms with Crippen LogP contribution in [0.5, 0.6) is 0 Å². The van der Waals surface area contributed by atoms with Crippen molar-refractivity contribution in [2.45, 2.75) is 20.0 Å². The van der Waals surface area contributed by atoms with Crippen LogP contribution in [0.4, 0.5) is 4.39 Å². The zero-order valence-corrected chi connectivity index (χ0v) is 9.91. The quantitative estimate of drug-likeness (QED) is 0.685. The van der Waals surface area contributed by atoms with E-state index in [4.69, 9.17) is 14.7 Å². The molecule has 3 nitrogen and oxygen atoms in total. The third kappa shape index (κ3) is 4.51. The molecule has 92 valence electrons. The third-order valence-corrected chi connectivity index (χ3v) is 2.18. The Labute approximate surface area is 101 Å². The summed E-state index contributed by atoms with van der Waals surface area (Å²) in [4.78, 5) is 0. The Bertz CT molecular complexity index is 387. The molecular formula is C13H16FNO2. The van der Waals surface area contributed by atoms with Gasteiger partial charge >= 0.3 is 0 Å². The van der Waals surface area contributed by atoms with Crippen molar-refractivity contribution in [1.29, 1.82) is 5.26 Å². The predicted molar refractivity (Wildman–Crippen MR) is 61.9 cm³/mol. The van der Waals surface area contributed by atoms with Gasteiger partial charge in [0.05, 0.1) is 25.4 Å². The van der Waals surface area contributed by atoms with Crippen molar-refractivity contribution in [2.24, 2.45) is 0 Å². The van der Waals surface area contributed by atoms with E-state index >= 15 is 0 Å². The summed E-state index contributed by atoms with van der Waals surface area (Å²) >= 11 is 0. The van der Waals surface area contributed by atoms with Crippen molar-refractivity contribution in [2.75, 3.05) is 19.8 Å². The van der Waals surface area contributed by atoms with Crippen LogP contribution >= 0.6 is 0 Å². The Morgan fingerprint density at radius 2 is 2.00 bits per heavy atom. The fourth-order valence-corrected chi connectivity index (χ4v) is 1.32. The molecule has 0 unspecified atom stereocenters. The van der Waals surface area contributed by atoms with Crippen molar-refractivity contribution in [3.8, 4) is 6.07 Å². The summed E-state index contributed by atoms with van der Waals surface area (Å²) in [5.74, 6) is -0.496. The van der Waals surface area contributed by atoms with Crippen LogP contribution in [0.2, 0.25) is 0 Å². The molecule has 4 heteroatoms. The second-order valence-electron chi connectivity index (χ2n) is 3.56. The molecule has 1 rings (SSSR count). The highest BCUT2D eigenvalue weighted by atomic mass is 19.1. The highest BCUT2D eigenvalue weighted by molar-refractivity contribution is 5.34. The second kappa shape index (κ2) is 7.77. The molecular weight excluding hydrogens is 221 g/mol. The van der Waals surface area contributed by atoms with Gasteiger partial charge in [0.15, 0.2) is 0 Å². The molecule has 0 aliphatic rings. The summed E-state index contributed by atoms with van der Waals surface area (Å²) in [5, 5.41) is 8.66. The SMILES string of the molecule is CCCOCCOCc1cccc(C#N)c1F. The van der Waals surface area contributed by atoms with Crippen molar-refractivity contribution in [3.05, 3.63) is 35.1 Å². The first-order chi connectivity index (χ1) is 8.29. The molecule has 0 saturated heterocycles. The maximum atomic E-state index is 13.6. The molecule has 0 spiro atoms. The Morgan fingerprint density at radius 1 is 1.24 bits per heavy atom. The Hall–Kier alpha value is -1.44. The third-order valence-electron chi connectivity index (χ3n) is 2.18. The van der Waals surface area contributed by atoms with E-state index in [0.717, 1.165) is 6.42 Å². The van der Waals surface area contributed by atoms with E-state index in [-0.39, 0.29) is 12.2 Å². The molecule has 0 saturated carbocycles.